The molecule has 0 aromatic rings. The summed E-state index contributed by atoms with van der Waals surface area (Å²) in [5.41, 5.74) is 5.93. The Kier molecular flexibility index (Phi) is 3.74. The fraction of sp³-hybridized carbons (Fsp3) is 1.00. The van der Waals surface area contributed by atoms with Crippen LogP contribution >= 0.6 is 11.8 Å². The summed E-state index contributed by atoms with van der Waals surface area (Å²) in [6.07, 6.45) is 5.22. The van der Waals surface area contributed by atoms with Gasteiger partial charge in [-0.25, -0.2) is 0 Å². The molecule has 0 radical (unpaired) electrons. The van der Waals surface area contributed by atoms with Gasteiger partial charge in [-0.2, -0.15) is 11.8 Å². The molecular weight excluding hydrogens is 192 g/mol. The van der Waals surface area contributed by atoms with Crippen LogP contribution in [0.25, 0.3) is 0 Å². The lowest BCUT2D eigenvalue weighted by Crippen LogP contribution is -2.49. The van der Waals surface area contributed by atoms with Gasteiger partial charge in [0.25, 0.3) is 0 Å². The molecule has 2 nitrogen and oxygen atoms in total. The van der Waals surface area contributed by atoms with Crippen LogP contribution in [-0.2, 0) is 0 Å². The van der Waals surface area contributed by atoms with Crippen LogP contribution in [0.2, 0.25) is 0 Å². The number of rotatable bonds is 1. The summed E-state index contributed by atoms with van der Waals surface area (Å²) in [4.78, 5) is 2.68. The van der Waals surface area contributed by atoms with Crippen molar-refractivity contribution in [2.45, 2.75) is 49.9 Å². The topological polar surface area (TPSA) is 29.3 Å². The second kappa shape index (κ2) is 4.86. The number of nitrogens with two attached hydrogens (primary N) is 1. The molecule has 0 bridgehead atoms. The molecule has 0 saturated carbocycles. The molecule has 2 fully saturated rings. The maximum absolute atomic E-state index is 5.93. The van der Waals surface area contributed by atoms with Crippen molar-refractivity contribution in [3.05, 3.63) is 0 Å². The first-order valence-corrected chi connectivity index (χ1v) is 6.93. The first-order valence-electron chi connectivity index (χ1n) is 5.88. The third-order valence-corrected chi connectivity index (χ3v) is 4.97. The average molecular weight is 214 g/mol. The molecule has 2 saturated heterocycles. The molecule has 14 heavy (non-hydrogen) atoms. The molecule has 0 aromatic carbocycles. The predicted molar refractivity (Wildman–Crippen MR) is 63.7 cm³/mol. The van der Waals surface area contributed by atoms with Crippen molar-refractivity contribution in [2.24, 2.45) is 5.73 Å². The van der Waals surface area contributed by atoms with Crippen molar-refractivity contribution in [1.82, 2.24) is 4.90 Å². The molecule has 2 N–H and O–H groups in total. The molecule has 2 heterocycles. The Morgan fingerprint density at radius 2 is 1.93 bits per heavy atom. The maximum atomic E-state index is 5.93. The standard InChI is InChI=1S/C11H22N2S/c1-9-11(3-2-8-14-9)13-6-4-10(12)5-7-13/h9-11H,2-8,12H2,1H3. The zero-order valence-corrected chi connectivity index (χ0v) is 9.93. The number of piperidine rings is 1. The fourth-order valence-electron chi connectivity index (χ4n) is 2.64. The molecule has 0 aromatic heterocycles. The zero-order valence-electron chi connectivity index (χ0n) is 9.11. The number of nitrogens with zero attached hydrogens (tertiary/aromatic N) is 1. The Balaban J connectivity index is 1.87. The summed E-state index contributed by atoms with van der Waals surface area (Å²) in [5, 5.41) is 0.832. The van der Waals surface area contributed by atoms with Gasteiger partial charge in [0.15, 0.2) is 0 Å². The summed E-state index contributed by atoms with van der Waals surface area (Å²) in [6, 6.07) is 1.30. The van der Waals surface area contributed by atoms with E-state index in [2.05, 4.69) is 23.6 Å². The molecule has 0 spiro atoms. The van der Waals surface area contributed by atoms with Gasteiger partial charge >= 0.3 is 0 Å². The summed E-state index contributed by atoms with van der Waals surface area (Å²) in [5.74, 6) is 1.37. The van der Waals surface area contributed by atoms with Gasteiger partial charge in [0.2, 0.25) is 0 Å². The number of hydrogen-bond acceptors (Lipinski definition) is 3. The molecule has 0 amide bonds. The van der Waals surface area contributed by atoms with Crippen LogP contribution in [0.15, 0.2) is 0 Å². The molecule has 82 valence electrons. The molecular formula is C11H22N2S. The minimum Gasteiger partial charge on any atom is -0.328 e. The van der Waals surface area contributed by atoms with E-state index in [0.29, 0.717) is 6.04 Å². The number of thioether (sulfide) groups is 1. The molecule has 3 heteroatoms. The highest BCUT2D eigenvalue weighted by molar-refractivity contribution is 7.99. The monoisotopic (exact) mass is 214 g/mol. The largest absolute Gasteiger partial charge is 0.328 e. The van der Waals surface area contributed by atoms with Crippen LogP contribution in [-0.4, -0.2) is 41.1 Å². The van der Waals surface area contributed by atoms with Crippen molar-refractivity contribution < 1.29 is 0 Å². The van der Waals surface area contributed by atoms with E-state index in [0.717, 1.165) is 11.3 Å². The summed E-state index contributed by atoms with van der Waals surface area (Å²) in [7, 11) is 0. The second-order valence-electron chi connectivity index (χ2n) is 4.66. The van der Waals surface area contributed by atoms with Gasteiger partial charge in [0.05, 0.1) is 0 Å². The normalized spacial score (nSPS) is 37.3. The smallest absolute Gasteiger partial charge is 0.0212 e. The molecule has 2 rings (SSSR count). The van der Waals surface area contributed by atoms with E-state index in [1.807, 2.05) is 0 Å². The van der Waals surface area contributed by atoms with Crippen LogP contribution in [0.4, 0.5) is 0 Å². The van der Waals surface area contributed by atoms with Gasteiger partial charge < -0.3 is 5.73 Å². The van der Waals surface area contributed by atoms with E-state index in [-0.39, 0.29) is 0 Å². The van der Waals surface area contributed by atoms with Crippen molar-refractivity contribution in [3.8, 4) is 0 Å². The van der Waals surface area contributed by atoms with Crippen LogP contribution in [0.3, 0.4) is 0 Å². The van der Waals surface area contributed by atoms with Gasteiger partial charge in [-0.15, -0.1) is 0 Å². The Hall–Kier alpha value is 0.270. The van der Waals surface area contributed by atoms with E-state index < -0.39 is 0 Å². The zero-order chi connectivity index (χ0) is 9.97. The molecule has 0 aliphatic carbocycles. The van der Waals surface area contributed by atoms with Crippen LogP contribution in [0.5, 0.6) is 0 Å². The predicted octanol–water partition coefficient (Wildman–Crippen LogP) is 1.69. The maximum Gasteiger partial charge on any atom is 0.0212 e. The van der Waals surface area contributed by atoms with E-state index >= 15 is 0 Å². The first kappa shape index (κ1) is 10.8. The van der Waals surface area contributed by atoms with E-state index in [1.54, 1.807) is 0 Å². The summed E-state index contributed by atoms with van der Waals surface area (Å²) >= 11 is 2.15. The molecule has 2 aliphatic heterocycles. The lowest BCUT2D eigenvalue weighted by atomic mass is 10.00. The Morgan fingerprint density at radius 1 is 1.21 bits per heavy atom. The Bertz CT molecular complexity index is 178. The third-order valence-electron chi connectivity index (χ3n) is 3.61. The van der Waals surface area contributed by atoms with E-state index in [9.17, 15) is 0 Å². The number of hydrogen-bond donors (Lipinski definition) is 1. The van der Waals surface area contributed by atoms with E-state index in [1.165, 1.54) is 44.5 Å². The van der Waals surface area contributed by atoms with Gasteiger partial charge in [0, 0.05) is 17.3 Å². The summed E-state index contributed by atoms with van der Waals surface area (Å²) in [6.45, 7) is 4.86. The van der Waals surface area contributed by atoms with Crippen molar-refractivity contribution in [3.63, 3.8) is 0 Å². The highest BCUT2D eigenvalue weighted by Crippen LogP contribution is 2.30. The van der Waals surface area contributed by atoms with Crippen LogP contribution in [0.1, 0.15) is 32.6 Å². The van der Waals surface area contributed by atoms with Gasteiger partial charge in [-0.1, -0.05) is 6.92 Å². The first-order chi connectivity index (χ1) is 6.77. The minimum atomic E-state index is 0.470. The molecule has 2 aliphatic rings. The van der Waals surface area contributed by atoms with Crippen molar-refractivity contribution in [2.75, 3.05) is 18.8 Å². The van der Waals surface area contributed by atoms with Crippen LogP contribution in [0, 0.1) is 0 Å². The van der Waals surface area contributed by atoms with Gasteiger partial charge in [-0.05, 0) is 44.5 Å². The van der Waals surface area contributed by atoms with Crippen molar-refractivity contribution >= 4 is 11.8 Å². The van der Waals surface area contributed by atoms with Gasteiger partial charge in [-0.3, -0.25) is 4.90 Å². The minimum absolute atomic E-state index is 0.470. The highest BCUT2D eigenvalue weighted by Gasteiger charge is 2.29. The Labute approximate surface area is 91.6 Å². The molecule has 2 atom stereocenters. The lowest BCUT2D eigenvalue weighted by molar-refractivity contribution is 0.142. The Morgan fingerprint density at radius 3 is 2.57 bits per heavy atom. The molecule has 2 unspecified atom stereocenters. The summed E-state index contributed by atoms with van der Waals surface area (Å²) < 4.78 is 0. The third kappa shape index (κ3) is 2.44. The fourth-order valence-corrected chi connectivity index (χ4v) is 3.87. The quantitative estimate of drug-likeness (QED) is 0.720. The van der Waals surface area contributed by atoms with Crippen LogP contribution < -0.4 is 5.73 Å². The average Bonchev–Trinajstić information content (AvgIpc) is 2.20. The number of likely N-dealkylation sites (tertiary alicyclic amines) is 1. The second-order valence-corrected chi connectivity index (χ2v) is 6.14. The SMILES string of the molecule is CC1SCCCC1N1CCC(N)CC1. The van der Waals surface area contributed by atoms with E-state index in [4.69, 9.17) is 5.73 Å². The highest BCUT2D eigenvalue weighted by atomic mass is 32.2. The van der Waals surface area contributed by atoms with Crippen molar-refractivity contribution in [1.29, 1.82) is 0 Å². The lowest BCUT2D eigenvalue weighted by Gasteiger charge is -2.41. The van der Waals surface area contributed by atoms with Gasteiger partial charge in [0.1, 0.15) is 0 Å².